The van der Waals surface area contributed by atoms with Gasteiger partial charge >= 0.3 is 0 Å². The number of halogens is 1. The van der Waals surface area contributed by atoms with E-state index in [1.165, 1.54) is 48.1 Å². The summed E-state index contributed by atoms with van der Waals surface area (Å²) in [4.78, 5) is 1.80. The molecule has 1 aliphatic rings. The predicted octanol–water partition coefficient (Wildman–Crippen LogP) is 6.84. The van der Waals surface area contributed by atoms with Gasteiger partial charge in [-0.15, -0.1) is 11.3 Å². The molecule has 1 unspecified atom stereocenters. The molecule has 21 heavy (non-hydrogen) atoms. The smallest absolute Gasteiger partial charge is 0.0740 e. The van der Waals surface area contributed by atoms with Crippen LogP contribution < -0.4 is 0 Å². The third-order valence-electron chi connectivity index (χ3n) is 4.70. The van der Waals surface area contributed by atoms with Crippen molar-refractivity contribution in [3.05, 3.63) is 57.3 Å². The molecule has 1 aromatic carbocycles. The molecule has 1 fully saturated rings. The van der Waals surface area contributed by atoms with E-state index < -0.39 is 0 Å². The highest BCUT2D eigenvalue weighted by Crippen LogP contribution is 2.38. The summed E-state index contributed by atoms with van der Waals surface area (Å²) in [6.07, 6.45) is 8.10. The van der Waals surface area contributed by atoms with Crippen LogP contribution in [0.2, 0.25) is 0 Å². The van der Waals surface area contributed by atoms with Crippen molar-refractivity contribution in [1.29, 1.82) is 0 Å². The lowest BCUT2D eigenvalue weighted by Crippen LogP contribution is -2.04. The Morgan fingerprint density at radius 2 is 1.81 bits per heavy atom. The molecule has 0 aliphatic heterocycles. The summed E-state index contributed by atoms with van der Waals surface area (Å²) in [5.41, 5.74) is 4.39. The van der Waals surface area contributed by atoms with E-state index in [1.54, 1.807) is 5.56 Å². The fourth-order valence-corrected chi connectivity index (χ4v) is 5.31. The first-order valence-electron chi connectivity index (χ1n) is 8.09. The minimum atomic E-state index is 0.341. The Hall–Kier alpha value is -0.600. The van der Waals surface area contributed by atoms with Gasteiger partial charge in [-0.3, -0.25) is 0 Å². The molecule has 0 spiro atoms. The van der Waals surface area contributed by atoms with Crippen LogP contribution in [0.1, 0.15) is 71.3 Å². The van der Waals surface area contributed by atoms with Crippen molar-refractivity contribution >= 4 is 27.3 Å². The predicted molar refractivity (Wildman–Crippen MR) is 96.7 cm³/mol. The molecule has 0 nitrogen and oxygen atoms in total. The summed E-state index contributed by atoms with van der Waals surface area (Å²) in [6.45, 7) is 2.23. The van der Waals surface area contributed by atoms with Crippen LogP contribution in [0, 0.1) is 0 Å². The molecule has 3 rings (SSSR count). The summed E-state index contributed by atoms with van der Waals surface area (Å²) in [7, 11) is 0. The molecule has 0 bridgehead atoms. The molecule has 1 aromatic heterocycles. The van der Waals surface area contributed by atoms with Gasteiger partial charge in [-0.25, -0.2) is 0 Å². The van der Waals surface area contributed by atoms with Gasteiger partial charge in [0.15, 0.2) is 0 Å². The number of benzene rings is 1. The summed E-state index contributed by atoms with van der Waals surface area (Å²) in [5.74, 6) is 0.800. The van der Waals surface area contributed by atoms with Gasteiger partial charge in [-0.2, -0.15) is 0 Å². The number of alkyl halides is 1. The van der Waals surface area contributed by atoms with Crippen LogP contribution in [-0.2, 0) is 6.42 Å². The van der Waals surface area contributed by atoms with Crippen molar-refractivity contribution in [3.63, 3.8) is 0 Å². The zero-order valence-corrected chi connectivity index (χ0v) is 15.1. The molecular weight excluding hydrogens is 340 g/mol. The Morgan fingerprint density at radius 3 is 2.48 bits per heavy atom. The Balaban J connectivity index is 1.77. The normalized spacial score (nSPS) is 17.8. The first kappa shape index (κ1) is 15.3. The van der Waals surface area contributed by atoms with Crippen molar-refractivity contribution in [2.45, 2.75) is 56.2 Å². The molecule has 2 heteroatoms. The SMILES string of the molecule is CCc1ccsc1C(Br)c1ccc(C2CCCCC2)cc1. The van der Waals surface area contributed by atoms with Crippen LogP contribution in [0.15, 0.2) is 35.7 Å². The van der Waals surface area contributed by atoms with Crippen molar-refractivity contribution in [2.24, 2.45) is 0 Å². The van der Waals surface area contributed by atoms with Gasteiger partial charge in [0, 0.05) is 4.88 Å². The van der Waals surface area contributed by atoms with E-state index >= 15 is 0 Å². The Bertz CT molecular complexity index is 564. The summed E-state index contributed by atoms with van der Waals surface area (Å²) < 4.78 is 0. The number of thiophene rings is 1. The van der Waals surface area contributed by atoms with Crippen LogP contribution in [0.4, 0.5) is 0 Å². The van der Waals surface area contributed by atoms with Crippen molar-refractivity contribution in [2.75, 3.05) is 0 Å². The van der Waals surface area contributed by atoms with Crippen LogP contribution >= 0.6 is 27.3 Å². The van der Waals surface area contributed by atoms with E-state index in [9.17, 15) is 0 Å². The number of rotatable bonds is 4. The second-order valence-corrected chi connectivity index (χ2v) is 7.89. The Labute approximate surface area is 140 Å². The zero-order chi connectivity index (χ0) is 14.7. The van der Waals surface area contributed by atoms with E-state index in [0.29, 0.717) is 4.83 Å². The van der Waals surface area contributed by atoms with Gasteiger partial charge in [0.25, 0.3) is 0 Å². The van der Waals surface area contributed by atoms with Gasteiger partial charge in [0.2, 0.25) is 0 Å². The standard InChI is InChI=1S/C19H23BrS/c1-2-14-12-13-21-19(14)18(20)17-10-8-16(9-11-17)15-6-4-3-5-7-15/h8-13,15,18H,2-7H2,1H3. The molecule has 0 saturated heterocycles. The lowest BCUT2D eigenvalue weighted by molar-refractivity contribution is 0.443. The largest absolute Gasteiger partial charge is 0.147 e. The van der Waals surface area contributed by atoms with Crippen molar-refractivity contribution in [1.82, 2.24) is 0 Å². The second kappa shape index (κ2) is 7.11. The van der Waals surface area contributed by atoms with Gasteiger partial charge < -0.3 is 0 Å². The third kappa shape index (κ3) is 3.43. The van der Waals surface area contributed by atoms with Gasteiger partial charge in [-0.1, -0.05) is 66.4 Å². The van der Waals surface area contributed by atoms with Crippen molar-refractivity contribution in [3.8, 4) is 0 Å². The van der Waals surface area contributed by atoms with E-state index in [4.69, 9.17) is 0 Å². The first-order chi connectivity index (χ1) is 10.3. The maximum atomic E-state index is 3.90. The fraction of sp³-hybridized carbons (Fsp3) is 0.474. The second-order valence-electron chi connectivity index (χ2n) is 6.03. The average molecular weight is 363 g/mol. The van der Waals surface area contributed by atoms with Gasteiger partial charge in [-0.05, 0) is 53.3 Å². The first-order valence-corrected chi connectivity index (χ1v) is 9.89. The molecule has 1 heterocycles. The number of aryl methyl sites for hydroxylation is 1. The van der Waals surface area contributed by atoms with E-state index in [-0.39, 0.29) is 0 Å². The van der Waals surface area contributed by atoms with E-state index in [2.05, 4.69) is 58.6 Å². The average Bonchev–Trinajstić information content (AvgIpc) is 3.04. The molecular formula is C19H23BrS. The van der Waals surface area contributed by atoms with Crippen LogP contribution in [0.25, 0.3) is 0 Å². The molecule has 0 N–H and O–H groups in total. The summed E-state index contributed by atoms with van der Waals surface area (Å²) in [5, 5.41) is 2.21. The topological polar surface area (TPSA) is 0 Å². The zero-order valence-electron chi connectivity index (χ0n) is 12.6. The Kier molecular flexibility index (Phi) is 5.18. The summed E-state index contributed by atoms with van der Waals surface area (Å²) >= 11 is 5.76. The van der Waals surface area contributed by atoms with Crippen LogP contribution in [0.3, 0.4) is 0 Å². The maximum absolute atomic E-state index is 3.90. The van der Waals surface area contributed by atoms with Gasteiger partial charge in [0.05, 0.1) is 4.83 Å². The van der Waals surface area contributed by atoms with Crippen molar-refractivity contribution < 1.29 is 0 Å². The number of hydrogen-bond acceptors (Lipinski definition) is 1. The minimum absolute atomic E-state index is 0.341. The van der Waals surface area contributed by atoms with Gasteiger partial charge in [0.1, 0.15) is 0 Å². The van der Waals surface area contributed by atoms with E-state index in [0.717, 1.165) is 12.3 Å². The lowest BCUT2D eigenvalue weighted by Gasteiger charge is -2.22. The molecule has 0 amide bonds. The molecule has 0 radical (unpaired) electrons. The molecule has 1 atom stereocenters. The van der Waals surface area contributed by atoms with Crippen LogP contribution in [0.5, 0.6) is 0 Å². The summed E-state index contributed by atoms with van der Waals surface area (Å²) in [6, 6.07) is 11.6. The highest BCUT2D eigenvalue weighted by atomic mass is 79.9. The number of hydrogen-bond donors (Lipinski definition) is 0. The van der Waals surface area contributed by atoms with Crippen LogP contribution in [-0.4, -0.2) is 0 Å². The molecule has 1 saturated carbocycles. The maximum Gasteiger partial charge on any atom is 0.0740 e. The highest BCUT2D eigenvalue weighted by Gasteiger charge is 2.18. The van der Waals surface area contributed by atoms with E-state index in [1.807, 2.05) is 11.3 Å². The molecule has 1 aliphatic carbocycles. The molecule has 2 aromatic rings. The third-order valence-corrected chi connectivity index (χ3v) is 7.01. The minimum Gasteiger partial charge on any atom is -0.147 e. The monoisotopic (exact) mass is 362 g/mol. The quantitative estimate of drug-likeness (QED) is 0.522. The fourth-order valence-electron chi connectivity index (χ4n) is 3.39. The Morgan fingerprint density at radius 1 is 1.10 bits per heavy atom. The highest BCUT2D eigenvalue weighted by molar-refractivity contribution is 9.09. The lowest BCUT2D eigenvalue weighted by atomic mass is 9.84. The molecule has 112 valence electrons.